The monoisotopic (exact) mass is 786 g/mol. The lowest BCUT2D eigenvalue weighted by molar-refractivity contribution is 0.615. The van der Waals surface area contributed by atoms with Crippen LogP contribution in [-0.2, 0) is 11.8 Å². The van der Waals surface area contributed by atoms with Crippen LogP contribution >= 0.6 is 0 Å². The van der Waals surface area contributed by atoms with Crippen molar-refractivity contribution < 1.29 is 0 Å². The highest BCUT2D eigenvalue weighted by atomic mass is 15.2. The lowest BCUT2D eigenvalue weighted by atomic mass is 9.63. The smallest absolute Gasteiger partial charge is 0.0534 e. The normalized spacial score (nSPS) is 17.8. The maximum Gasteiger partial charge on any atom is 0.0534 e. The zero-order valence-electron chi connectivity index (χ0n) is 35.1. The highest BCUT2D eigenvalue weighted by Crippen LogP contribution is 2.60. The van der Waals surface area contributed by atoms with Crippen LogP contribution in [0.2, 0.25) is 0 Å². The zero-order valence-corrected chi connectivity index (χ0v) is 35.1. The minimum absolute atomic E-state index is 0.339. The molecule has 10 rings (SSSR count). The molecule has 1 atom stereocenters. The molecular formula is C59H50N2. The number of aryl methyl sites for hydroxylation is 1. The van der Waals surface area contributed by atoms with Gasteiger partial charge < -0.3 is 9.80 Å². The fourth-order valence-electron chi connectivity index (χ4n) is 10.3. The van der Waals surface area contributed by atoms with Crippen LogP contribution in [-0.4, -0.2) is 6.54 Å². The predicted molar refractivity (Wildman–Crippen MR) is 262 cm³/mol. The summed E-state index contributed by atoms with van der Waals surface area (Å²) >= 11 is 0. The molecule has 6 aromatic carbocycles. The number of fused-ring (bicyclic) bond motifs is 9. The van der Waals surface area contributed by atoms with Gasteiger partial charge in [0.1, 0.15) is 0 Å². The van der Waals surface area contributed by atoms with Crippen molar-refractivity contribution in [3.05, 3.63) is 251 Å². The molecule has 2 aliphatic heterocycles. The van der Waals surface area contributed by atoms with Crippen LogP contribution in [0.25, 0.3) is 34.9 Å². The van der Waals surface area contributed by atoms with E-state index in [2.05, 4.69) is 219 Å². The summed E-state index contributed by atoms with van der Waals surface area (Å²) < 4.78 is 0. The number of hydrogen-bond donors (Lipinski definition) is 0. The van der Waals surface area contributed by atoms with Gasteiger partial charge in [0.25, 0.3) is 0 Å². The van der Waals surface area contributed by atoms with Crippen LogP contribution in [0.3, 0.4) is 0 Å². The molecule has 0 N–H and O–H groups in total. The summed E-state index contributed by atoms with van der Waals surface area (Å²) in [6.07, 6.45) is 24.5. The van der Waals surface area contributed by atoms with Gasteiger partial charge in [-0.25, -0.2) is 0 Å². The van der Waals surface area contributed by atoms with E-state index in [1.165, 1.54) is 72.6 Å². The van der Waals surface area contributed by atoms with Crippen LogP contribution in [0.15, 0.2) is 206 Å². The van der Waals surface area contributed by atoms with Gasteiger partial charge >= 0.3 is 0 Å². The molecule has 1 spiro atoms. The van der Waals surface area contributed by atoms with Gasteiger partial charge in [-0.05, 0) is 148 Å². The lowest BCUT2D eigenvalue weighted by Gasteiger charge is -2.40. The second kappa shape index (κ2) is 15.8. The number of benzene rings is 6. The molecule has 0 bridgehead atoms. The van der Waals surface area contributed by atoms with Crippen LogP contribution in [0.5, 0.6) is 0 Å². The molecule has 61 heavy (non-hydrogen) atoms. The molecule has 1 unspecified atom stereocenters. The van der Waals surface area contributed by atoms with Crippen LogP contribution in [0.1, 0.15) is 71.2 Å². The van der Waals surface area contributed by atoms with Crippen molar-refractivity contribution >= 4 is 46.6 Å². The molecule has 2 heterocycles. The summed E-state index contributed by atoms with van der Waals surface area (Å²) in [7, 11) is 0. The topological polar surface area (TPSA) is 6.48 Å². The average molecular weight is 787 g/mol. The third kappa shape index (κ3) is 6.42. The summed E-state index contributed by atoms with van der Waals surface area (Å²) in [5.74, 6) is 0. The Morgan fingerprint density at radius 3 is 2.15 bits per heavy atom. The molecule has 0 saturated heterocycles. The summed E-state index contributed by atoms with van der Waals surface area (Å²) in [6, 6.07) is 49.9. The highest BCUT2D eigenvalue weighted by Gasteiger charge is 2.48. The van der Waals surface area contributed by atoms with Crippen molar-refractivity contribution in [2.45, 2.75) is 38.5 Å². The van der Waals surface area contributed by atoms with E-state index in [-0.39, 0.29) is 5.41 Å². The van der Waals surface area contributed by atoms with Gasteiger partial charge in [0.05, 0.1) is 16.8 Å². The van der Waals surface area contributed by atoms with Gasteiger partial charge in [0.15, 0.2) is 0 Å². The first-order valence-electron chi connectivity index (χ1n) is 21.6. The third-order valence-electron chi connectivity index (χ3n) is 13.1. The quantitative estimate of drug-likeness (QED) is 0.112. The van der Waals surface area contributed by atoms with Crippen molar-refractivity contribution in [2.24, 2.45) is 0 Å². The van der Waals surface area contributed by atoms with Gasteiger partial charge in [0, 0.05) is 23.6 Å². The Hall–Kier alpha value is -7.16. The zero-order chi connectivity index (χ0) is 41.5. The summed E-state index contributed by atoms with van der Waals surface area (Å²) in [6.45, 7) is 13.6. The van der Waals surface area contributed by atoms with Gasteiger partial charge in [0.2, 0.25) is 0 Å². The lowest BCUT2D eigenvalue weighted by Crippen LogP contribution is -2.32. The van der Waals surface area contributed by atoms with Crippen molar-refractivity contribution in [2.75, 3.05) is 16.3 Å². The predicted octanol–water partition coefficient (Wildman–Crippen LogP) is 15.4. The molecule has 6 aromatic rings. The molecule has 0 fully saturated rings. The largest absolute Gasteiger partial charge is 0.341 e. The van der Waals surface area contributed by atoms with Gasteiger partial charge in [-0.3, -0.25) is 0 Å². The minimum atomic E-state index is -0.339. The van der Waals surface area contributed by atoms with E-state index in [0.29, 0.717) is 0 Å². The van der Waals surface area contributed by atoms with Gasteiger partial charge in [-0.2, -0.15) is 0 Å². The molecule has 2 aliphatic carbocycles. The molecular weight excluding hydrogens is 737 g/mol. The van der Waals surface area contributed by atoms with Gasteiger partial charge in [-0.15, -0.1) is 0 Å². The molecule has 0 radical (unpaired) electrons. The number of nitrogens with zero attached hydrogens (tertiary/aromatic N) is 2. The summed E-state index contributed by atoms with van der Waals surface area (Å²) in [5, 5.41) is 0. The molecule has 0 saturated carbocycles. The first-order chi connectivity index (χ1) is 30.0. The Labute approximate surface area is 361 Å². The van der Waals surface area contributed by atoms with Crippen molar-refractivity contribution in [3.8, 4) is 11.1 Å². The van der Waals surface area contributed by atoms with Crippen LogP contribution in [0.4, 0.5) is 22.7 Å². The number of rotatable bonds is 8. The fraction of sp³-hybridized carbons (Fsp3) is 0.119. The van der Waals surface area contributed by atoms with E-state index >= 15 is 0 Å². The third-order valence-corrected chi connectivity index (χ3v) is 13.1. The van der Waals surface area contributed by atoms with E-state index in [4.69, 9.17) is 0 Å². The second-order valence-electron chi connectivity index (χ2n) is 16.5. The van der Waals surface area contributed by atoms with Crippen molar-refractivity contribution in [1.82, 2.24) is 0 Å². The van der Waals surface area contributed by atoms with Gasteiger partial charge in [-0.1, -0.05) is 164 Å². The first-order valence-corrected chi connectivity index (χ1v) is 21.6. The Morgan fingerprint density at radius 1 is 0.623 bits per heavy atom. The standard InChI is InChI=1S/C59H50N2/c1-5-8-20-49-41(4)40-59(53-22-12-11-21-50(49)53)54-38-43(29-35-51(54)52-36-34-48(39-55(52)59)60-37-15-19-45-17-9-13-23-56(45)60)26-25-42-27-32-47(33-28-42)61-57(16-6-2)44(7-3)30-31-46-18-10-14-24-58(46)61/h5-14,16-18,20-36,38-39H,1,3,15,19,37,40H2,2,4H3/b16-6-,20-8-,26-25+. The van der Waals surface area contributed by atoms with E-state index < -0.39 is 0 Å². The van der Waals surface area contributed by atoms with E-state index in [1.807, 2.05) is 12.2 Å². The minimum Gasteiger partial charge on any atom is -0.341 e. The highest BCUT2D eigenvalue weighted by molar-refractivity contribution is 5.92. The number of allylic oxidation sites excluding steroid dienone is 10. The average Bonchev–Trinajstić information content (AvgIpc) is 3.45. The van der Waals surface area contributed by atoms with E-state index in [9.17, 15) is 0 Å². The second-order valence-corrected chi connectivity index (χ2v) is 16.5. The maximum atomic E-state index is 4.15. The van der Waals surface area contributed by atoms with Crippen LogP contribution < -0.4 is 9.80 Å². The molecule has 2 heteroatoms. The number of hydrogen-bond acceptors (Lipinski definition) is 2. The van der Waals surface area contributed by atoms with E-state index in [0.717, 1.165) is 54.0 Å². The molecule has 0 amide bonds. The Morgan fingerprint density at radius 2 is 1.33 bits per heavy atom. The maximum absolute atomic E-state index is 4.15. The SMILES string of the molecule is C=C/C=C\C1=C(C)CC2(c3ccccc31)c1cc(/C=C/c3ccc(N4C(/C=C\C)=C(C=C)C=Cc5ccccc54)cc3)ccc1-c1ccc(N3CCCc4ccccc43)cc12. The number of anilines is 4. The van der Waals surface area contributed by atoms with Crippen molar-refractivity contribution in [1.29, 1.82) is 0 Å². The number of para-hydroxylation sites is 2. The van der Waals surface area contributed by atoms with Crippen LogP contribution in [0, 0.1) is 0 Å². The first kappa shape index (κ1) is 38.1. The molecule has 4 aliphatic rings. The molecule has 0 aromatic heterocycles. The summed E-state index contributed by atoms with van der Waals surface area (Å²) in [4.78, 5) is 4.88. The Kier molecular flexibility index (Phi) is 9.85. The molecule has 296 valence electrons. The Balaban J connectivity index is 1.06. The Bertz CT molecular complexity index is 2930. The van der Waals surface area contributed by atoms with E-state index in [1.54, 1.807) is 0 Å². The van der Waals surface area contributed by atoms with Crippen molar-refractivity contribution in [3.63, 3.8) is 0 Å². The molecule has 2 nitrogen and oxygen atoms in total. The fourth-order valence-corrected chi connectivity index (χ4v) is 10.3. The summed E-state index contributed by atoms with van der Waals surface area (Å²) in [5.41, 5.74) is 22.4.